The Morgan fingerprint density at radius 1 is 1.03 bits per heavy atom. The standard InChI is InChI=1S/C25H29ClN6OS/c1-4-20(31(15-14-30(2)3)16-19-10-12-27-13-11-19)22-29-23-21(28-25(26)34-23)24(33)32(22)17-18-8-6-5-7-9-18/h5-13,20H,4,14-17H2,1-3H3. The Labute approximate surface area is 208 Å². The molecule has 9 heteroatoms. The lowest BCUT2D eigenvalue weighted by Gasteiger charge is -2.33. The van der Waals surface area contributed by atoms with Crippen molar-refractivity contribution in [2.24, 2.45) is 0 Å². The molecule has 0 aliphatic carbocycles. The van der Waals surface area contributed by atoms with Crippen molar-refractivity contribution in [2.75, 3.05) is 27.2 Å². The van der Waals surface area contributed by atoms with E-state index in [2.05, 4.69) is 40.8 Å². The van der Waals surface area contributed by atoms with E-state index in [9.17, 15) is 4.79 Å². The first-order valence-corrected chi connectivity index (χ1v) is 12.5. The first-order chi connectivity index (χ1) is 16.5. The van der Waals surface area contributed by atoms with Crippen molar-refractivity contribution < 1.29 is 0 Å². The minimum atomic E-state index is -0.151. The number of thiazole rings is 1. The van der Waals surface area contributed by atoms with Crippen LogP contribution in [-0.2, 0) is 13.1 Å². The van der Waals surface area contributed by atoms with Gasteiger partial charge in [-0.2, -0.15) is 0 Å². The first kappa shape index (κ1) is 24.5. The molecule has 34 heavy (non-hydrogen) atoms. The largest absolute Gasteiger partial charge is 0.308 e. The molecule has 0 saturated carbocycles. The summed E-state index contributed by atoms with van der Waals surface area (Å²) in [5, 5.41) is 0. The van der Waals surface area contributed by atoms with E-state index >= 15 is 0 Å². The average Bonchev–Trinajstić information content (AvgIpc) is 3.22. The topological polar surface area (TPSA) is 67.2 Å². The zero-order valence-electron chi connectivity index (χ0n) is 19.7. The smallest absolute Gasteiger partial charge is 0.281 e. The zero-order chi connectivity index (χ0) is 24.1. The molecule has 1 aromatic carbocycles. The van der Waals surface area contributed by atoms with Crippen LogP contribution in [0.15, 0.2) is 59.7 Å². The second-order valence-electron chi connectivity index (χ2n) is 8.52. The first-order valence-electron chi connectivity index (χ1n) is 11.3. The molecular formula is C25H29ClN6OS. The van der Waals surface area contributed by atoms with E-state index in [4.69, 9.17) is 16.6 Å². The summed E-state index contributed by atoms with van der Waals surface area (Å²) in [6, 6.07) is 14.0. The van der Waals surface area contributed by atoms with Crippen LogP contribution in [0.25, 0.3) is 10.3 Å². The summed E-state index contributed by atoms with van der Waals surface area (Å²) >= 11 is 7.44. The molecule has 4 aromatic rings. The van der Waals surface area contributed by atoms with E-state index in [1.807, 2.05) is 54.9 Å². The fraction of sp³-hybridized carbons (Fsp3) is 0.360. The second-order valence-corrected chi connectivity index (χ2v) is 10.1. The van der Waals surface area contributed by atoms with Gasteiger partial charge in [0.15, 0.2) is 14.8 Å². The quantitative estimate of drug-likeness (QED) is 0.323. The summed E-state index contributed by atoms with van der Waals surface area (Å²) in [6.45, 7) is 5.02. The van der Waals surface area contributed by atoms with E-state index in [-0.39, 0.29) is 11.6 Å². The maximum absolute atomic E-state index is 13.6. The van der Waals surface area contributed by atoms with Gasteiger partial charge in [0.25, 0.3) is 5.56 Å². The zero-order valence-corrected chi connectivity index (χ0v) is 21.3. The number of benzene rings is 1. The van der Waals surface area contributed by atoms with Crippen LogP contribution in [0.1, 0.15) is 36.3 Å². The van der Waals surface area contributed by atoms with Gasteiger partial charge < -0.3 is 4.90 Å². The van der Waals surface area contributed by atoms with Crippen molar-refractivity contribution >= 4 is 33.3 Å². The van der Waals surface area contributed by atoms with Crippen molar-refractivity contribution in [3.05, 3.63) is 86.6 Å². The highest BCUT2D eigenvalue weighted by atomic mass is 35.5. The number of pyridine rings is 1. The third-order valence-electron chi connectivity index (χ3n) is 5.80. The van der Waals surface area contributed by atoms with Crippen LogP contribution >= 0.6 is 22.9 Å². The SMILES string of the molecule is CCC(c1nc2sc(Cl)nc2c(=O)n1Cc1ccccc1)N(CCN(C)C)Cc1ccncc1. The van der Waals surface area contributed by atoms with Crippen LogP contribution in [0.5, 0.6) is 0 Å². The van der Waals surface area contributed by atoms with Crippen molar-refractivity contribution in [3.8, 4) is 0 Å². The van der Waals surface area contributed by atoms with Crippen molar-refractivity contribution in [2.45, 2.75) is 32.5 Å². The molecule has 1 unspecified atom stereocenters. The van der Waals surface area contributed by atoms with Gasteiger partial charge in [0.2, 0.25) is 0 Å². The van der Waals surface area contributed by atoms with Gasteiger partial charge >= 0.3 is 0 Å². The number of halogens is 1. The molecule has 7 nitrogen and oxygen atoms in total. The third kappa shape index (κ3) is 5.70. The Morgan fingerprint density at radius 2 is 1.76 bits per heavy atom. The lowest BCUT2D eigenvalue weighted by atomic mass is 10.1. The van der Waals surface area contributed by atoms with Crippen LogP contribution < -0.4 is 5.56 Å². The summed E-state index contributed by atoms with van der Waals surface area (Å²) in [7, 11) is 4.14. The summed E-state index contributed by atoms with van der Waals surface area (Å²) < 4.78 is 2.11. The van der Waals surface area contributed by atoms with Gasteiger partial charge in [-0.3, -0.25) is 19.2 Å². The summed E-state index contributed by atoms with van der Waals surface area (Å²) in [4.78, 5) is 32.2. The third-order valence-corrected chi connectivity index (χ3v) is 6.86. The molecule has 0 saturated heterocycles. The van der Waals surface area contributed by atoms with E-state index in [0.29, 0.717) is 21.4 Å². The molecule has 0 spiro atoms. The lowest BCUT2D eigenvalue weighted by molar-refractivity contribution is 0.156. The highest BCUT2D eigenvalue weighted by Gasteiger charge is 2.26. The van der Waals surface area contributed by atoms with Crippen LogP contribution in [-0.4, -0.2) is 56.5 Å². The molecule has 0 aliphatic rings. The fourth-order valence-corrected chi connectivity index (χ4v) is 5.04. The maximum atomic E-state index is 13.6. The minimum absolute atomic E-state index is 0.0604. The molecule has 3 aromatic heterocycles. The number of hydrogen-bond donors (Lipinski definition) is 0. The molecule has 4 rings (SSSR count). The molecule has 0 amide bonds. The van der Waals surface area contributed by atoms with Crippen molar-refractivity contribution in [1.82, 2.24) is 29.3 Å². The molecule has 1 atom stereocenters. The van der Waals surface area contributed by atoms with Crippen LogP contribution in [0, 0.1) is 0 Å². The normalized spacial score (nSPS) is 12.6. The van der Waals surface area contributed by atoms with Gasteiger partial charge in [0, 0.05) is 32.0 Å². The molecule has 3 heterocycles. The van der Waals surface area contributed by atoms with Gasteiger partial charge in [-0.1, -0.05) is 60.2 Å². The molecular weight excluding hydrogens is 468 g/mol. The number of rotatable bonds is 10. The molecule has 0 fully saturated rings. The monoisotopic (exact) mass is 496 g/mol. The van der Waals surface area contributed by atoms with Crippen molar-refractivity contribution in [3.63, 3.8) is 0 Å². The predicted molar refractivity (Wildman–Crippen MR) is 138 cm³/mol. The Kier molecular flexibility index (Phi) is 8.05. The highest BCUT2D eigenvalue weighted by Crippen LogP contribution is 2.28. The highest BCUT2D eigenvalue weighted by molar-refractivity contribution is 7.21. The number of fused-ring (bicyclic) bond motifs is 1. The second kappa shape index (κ2) is 11.2. The molecule has 0 N–H and O–H groups in total. The average molecular weight is 497 g/mol. The van der Waals surface area contributed by atoms with Gasteiger partial charge in [0.05, 0.1) is 12.6 Å². The Hall–Kier alpha value is -2.65. The van der Waals surface area contributed by atoms with Gasteiger partial charge in [-0.15, -0.1) is 0 Å². The molecule has 0 aliphatic heterocycles. The van der Waals surface area contributed by atoms with Crippen LogP contribution in [0.3, 0.4) is 0 Å². The Balaban J connectivity index is 1.82. The van der Waals surface area contributed by atoms with Crippen LogP contribution in [0.4, 0.5) is 0 Å². The summed E-state index contributed by atoms with van der Waals surface area (Å²) in [6.07, 6.45) is 4.43. The number of hydrogen-bond acceptors (Lipinski definition) is 7. The minimum Gasteiger partial charge on any atom is -0.308 e. The predicted octanol–water partition coefficient (Wildman–Crippen LogP) is 4.46. The lowest BCUT2D eigenvalue weighted by Crippen LogP contribution is -2.38. The maximum Gasteiger partial charge on any atom is 0.281 e. The Morgan fingerprint density at radius 3 is 2.44 bits per heavy atom. The molecule has 0 radical (unpaired) electrons. The number of likely N-dealkylation sites (N-methyl/N-ethyl adjacent to an activating group) is 1. The van der Waals surface area contributed by atoms with Gasteiger partial charge in [0.1, 0.15) is 5.82 Å². The molecule has 0 bridgehead atoms. The van der Waals surface area contributed by atoms with Gasteiger partial charge in [-0.05, 0) is 43.8 Å². The number of nitrogens with zero attached hydrogens (tertiary/aromatic N) is 6. The van der Waals surface area contributed by atoms with Crippen molar-refractivity contribution in [1.29, 1.82) is 0 Å². The van der Waals surface area contributed by atoms with Gasteiger partial charge in [-0.25, -0.2) is 9.97 Å². The van der Waals surface area contributed by atoms with E-state index < -0.39 is 0 Å². The van der Waals surface area contributed by atoms with E-state index in [0.717, 1.165) is 37.4 Å². The summed E-state index contributed by atoms with van der Waals surface area (Å²) in [5.41, 5.74) is 2.39. The van der Waals surface area contributed by atoms with E-state index in [1.165, 1.54) is 16.9 Å². The number of aromatic nitrogens is 4. The molecule has 178 valence electrons. The summed E-state index contributed by atoms with van der Waals surface area (Å²) in [5.74, 6) is 0.747. The van der Waals surface area contributed by atoms with Crippen LogP contribution in [0.2, 0.25) is 4.47 Å². The van der Waals surface area contributed by atoms with E-state index in [1.54, 1.807) is 4.57 Å². The fourth-order valence-electron chi connectivity index (χ4n) is 4.07. The Bertz CT molecular complexity index is 1280.